The van der Waals surface area contributed by atoms with Crippen LogP contribution >= 0.6 is 0 Å². The van der Waals surface area contributed by atoms with Gasteiger partial charge in [0.25, 0.3) is 0 Å². The van der Waals surface area contributed by atoms with Gasteiger partial charge in [0.1, 0.15) is 6.23 Å². The van der Waals surface area contributed by atoms with Crippen LogP contribution in [0.4, 0.5) is 0 Å². The summed E-state index contributed by atoms with van der Waals surface area (Å²) >= 11 is 0. The molecule has 1 heterocycles. The largest absolute Gasteiger partial charge is 0.394 e. The average Bonchev–Trinajstić information content (AvgIpc) is 2.74. The Bertz CT molecular complexity index is 326. The van der Waals surface area contributed by atoms with Crippen molar-refractivity contribution in [3.63, 3.8) is 0 Å². The van der Waals surface area contributed by atoms with Gasteiger partial charge in [-0.25, -0.2) is 0 Å². The van der Waals surface area contributed by atoms with E-state index in [1.54, 1.807) is 0 Å². The first-order valence-corrected chi connectivity index (χ1v) is 5.79. The molecule has 0 spiro atoms. The van der Waals surface area contributed by atoms with Crippen molar-refractivity contribution in [3.05, 3.63) is 35.9 Å². The molecule has 1 aliphatic heterocycles. The maximum atomic E-state index is 9.18. The van der Waals surface area contributed by atoms with Crippen molar-refractivity contribution >= 4 is 0 Å². The van der Waals surface area contributed by atoms with Crippen LogP contribution in [0.3, 0.4) is 0 Å². The van der Waals surface area contributed by atoms with E-state index in [1.807, 2.05) is 18.2 Å². The second-order valence-electron chi connectivity index (χ2n) is 4.49. The monoisotopic (exact) mass is 221 g/mol. The molecule has 1 aliphatic rings. The van der Waals surface area contributed by atoms with Crippen LogP contribution < -0.4 is 0 Å². The lowest BCUT2D eigenvalue weighted by Gasteiger charge is -2.26. The number of benzene rings is 1. The van der Waals surface area contributed by atoms with Gasteiger partial charge in [0.05, 0.1) is 12.7 Å². The molecule has 2 rings (SSSR count). The lowest BCUT2D eigenvalue weighted by molar-refractivity contribution is -0.0266. The molecule has 0 saturated carbocycles. The number of aliphatic hydroxyl groups excluding tert-OH is 1. The second kappa shape index (κ2) is 4.95. The van der Waals surface area contributed by atoms with E-state index >= 15 is 0 Å². The van der Waals surface area contributed by atoms with E-state index in [2.05, 4.69) is 30.9 Å². The summed E-state index contributed by atoms with van der Waals surface area (Å²) in [6.07, 6.45) is -0.0778. The normalized spacial score (nSPS) is 26.5. The van der Waals surface area contributed by atoms with Gasteiger partial charge in [-0.05, 0) is 19.4 Å². The molecular formula is C13H19NO2. The first-order chi connectivity index (χ1) is 7.72. The van der Waals surface area contributed by atoms with Crippen LogP contribution in [-0.4, -0.2) is 35.3 Å². The van der Waals surface area contributed by atoms with Crippen molar-refractivity contribution in [1.29, 1.82) is 0 Å². The van der Waals surface area contributed by atoms with Crippen molar-refractivity contribution in [2.24, 2.45) is 0 Å². The lowest BCUT2D eigenvalue weighted by Crippen LogP contribution is -2.32. The van der Waals surface area contributed by atoms with Gasteiger partial charge in [0.2, 0.25) is 0 Å². The van der Waals surface area contributed by atoms with Gasteiger partial charge in [0, 0.05) is 12.6 Å². The summed E-state index contributed by atoms with van der Waals surface area (Å²) in [5.74, 6) is 0. The molecule has 0 aromatic heterocycles. The van der Waals surface area contributed by atoms with Gasteiger partial charge in [0.15, 0.2) is 0 Å². The molecule has 16 heavy (non-hydrogen) atoms. The summed E-state index contributed by atoms with van der Waals surface area (Å²) in [5.41, 5.74) is 1.16. The Morgan fingerprint density at radius 3 is 2.62 bits per heavy atom. The van der Waals surface area contributed by atoms with Crippen LogP contribution in [0.1, 0.15) is 25.6 Å². The summed E-state index contributed by atoms with van der Waals surface area (Å²) < 4.78 is 5.85. The third-order valence-electron chi connectivity index (χ3n) is 2.99. The van der Waals surface area contributed by atoms with Gasteiger partial charge in [-0.15, -0.1) is 0 Å². The molecule has 1 unspecified atom stereocenters. The number of rotatable bonds is 3. The number of hydrogen-bond acceptors (Lipinski definition) is 3. The highest BCUT2D eigenvalue weighted by Crippen LogP contribution is 2.31. The molecule has 3 nitrogen and oxygen atoms in total. The Morgan fingerprint density at radius 2 is 2.06 bits per heavy atom. The fourth-order valence-electron chi connectivity index (χ4n) is 2.10. The topological polar surface area (TPSA) is 32.7 Å². The SMILES string of the molecule is CC(C)N1CC(CO)O[C@H]1c1ccccc1. The molecule has 1 aromatic carbocycles. The Morgan fingerprint density at radius 1 is 1.38 bits per heavy atom. The quantitative estimate of drug-likeness (QED) is 0.844. The minimum atomic E-state index is -0.0624. The standard InChI is InChI=1S/C13H19NO2/c1-10(2)14-8-12(9-15)16-13(14)11-6-4-3-5-7-11/h3-7,10,12-13,15H,8-9H2,1-2H3/t12?,13-/m0/s1. The molecule has 1 N–H and O–H groups in total. The van der Waals surface area contributed by atoms with E-state index in [1.165, 1.54) is 0 Å². The number of ether oxygens (including phenoxy) is 1. The minimum Gasteiger partial charge on any atom is -0.394 e. The zero-order chi connectivity index (χ0) is 11.5. The van der Waals surface area contributed by atoms with E-state index in [0.717, 1.165) is 12.1 Å². The molecule has 0 radical (unpaired) electrons. The third kappa shape index (κ3) is 2.26. The highest BCUT2D eigenvalue weighted by molar-refractivity contribution is 5.18. The predicted molar refractivity (Wildman–Crippen MR) is 63.0 cm³/mol. The first-order valence-electron chi connectivity index (χ1n) is 5.79. The number of hydrogen-bond donors (Lipinski definition) is 1. The Kier molecular flexibility index (Phi) is 3.59. The molecule has 0 aliphatic carbocycles. The lowest BCUT2D eigenvalue weighted by atomic mass is 10.1. The van der Waals surface area contributed by atoms with Crippen LogP contribution in [0.25, 0.3) is 0 Å². The van der Waals surface area contributed by atoms with Crippen molar-refractivity contribution in [2.45, 2.75) is 32.2 Å². The molecule has 88 valence electrons. The molecule has 3 heteroatoms. The molecule has 1 fully saturated rings. The van der Waals surface area contributed by atoms with Crippen molar-refractivity contribution in [2.75, 3.05) is 13.2 Å². The molecular weight excluding hydrogens is 202 g/mol. The predicted octanol–water partition coefficient (Wildman–Crippen LogP) is 1.79. The molecule has 0 bridgehead atoms. The van der Waals surface area contributed by atoms with Gasteiger partial charge in [-0.1, -0.05) is 30.3 Å². The molecule has 1 saturated heterocycles. The van der Waals surface area contributed by atoms with E-state index in [0.29, 0.717) is 6.04 Å². The fourth-order valence-corrected chi connectivity index (χ4v) is 2.10. The number of nitrogens with zero attached hydrogens (tertiary/aromatic N) is 1. The molecule has 1 aromatic rings. The van der Waals surface area contributed by atoms with E-state index in [-0.39, 0.29) is 18.9 Å². The van der Waals surface area contributed by atoms with Crippen LogP contribution in [0, 0.1) is 0 Å². The summed E-state index contributed by atoms with van der Waals surface area (Å²) in [4.78, 5) is 2.27. The maximum Gasteiger partial charge on any atom is 0.137 e. The molecule has 0 amide bonds. The Labute approximate surface area is 96.6 Å². The van der Waals surface area contributed by atoms with Crippen molar-refractivity contribution in [3.8, 4) is 0 Å². The van der Waals surface area contributed by atoms with Gasteiger partial charge in [-0.3, -0.25) is 4.90 Å². The summed E-state index contributed by atoms with van der Waals surface area (Å²) in [6.45, 7) is 5.19. The zero-order valence-corrected chi connectivity index (χ0v) is 9.84. The van der Waals surface area contributed by atoms with Gasteiger partial charge < -0.3 is 9.84 Å². The zero-order valence-electron chi connectivity index (χ0n) is 9.84. The van der Waals surface area contributed by atoms with E-state index < -0.39 is 0 Å². The van der Waals surface area contributed by atoms with E-state index in [9.17, 15) is 5.11 Å². The highest BCUT2D eigenvalue weighted by Gasteiger charge is 2.34. The average molecular weight is 221 g/mol. The summed E-state index contributed by atoms with van der Waals surface area (Å²) in [6, 6.07) is 10.6. The summed E-state index contributed by atoms with van der Waals surface area (Å²) in [5, 5.41) is 9.18. The minimum absolute atomic E-state index is 0.0154. The fraction of sp³-hybridized carbons (Fsp3) is 0.538. The Hall–Kier alpha value is -0.900. The van der Waals surface area contributed by atoms with Crippen LogP contribution in [0.15, 0.2) is 30.3 Å². The van der Waals surface area contributed by atoms with Crippen LogP contribution in [0.2, 0.25) is 0 Å². The molecule has 2 atom stereocenters. The van der Waals surface area contributed by atoms with Gasteiger partial charge >= 0.3 is 0 Å². The smallest absolute Gasteiger partial charge is 0.137 e. The maximum absolute atomic E-state index is 9.18. The number of aliphatic hydroxyl groups is 1. The van der Waals surface area contributed by atoms with E-state index in [4.69, 9.17) is 4.74 Å². The highest BCUT2D eigenvalue weighted by atomic mass is 16.5. The third-order valence-corrected chi connectivity index (χ3v) is 2.99. The van der Waals surface area contributed by atoms with Gasteiger partial charge in [-0.2, -0.15) is 0 Å². The second-order valence-corrected chi connectivity index (χ2v) is 4.49. The Balaban J connectivity index is 2.19. The van der Waals surface area contributed by atoms with Crippen molar-refractivity contribution < 1.29 is 9.84 Å². The van der Waals surface area contributed by atoms with Crippen LogP contribution in [-0.2, 0) is 4.74 Å². The first kappa shape index (κ1) is 11.6. The van der Waals surface area contributed by atoms with Crippen LogP contribution in [0.5, 0.6) is 0 Å². The van der Waals surface area contributed by atoms with Crippen molar-refractivity contribution in [1.82, 2.24) is 4.90 Å². The summed E-state index contributed by atoms with van der Waals surface area (Å²) in [7, 11) is 0.